The van der Waals surface area contributed by atoms with Crippen LogP contribution in [0.4, 0.5) is 5.69 Å². The number of carbonyl (C=O) groups excluding carboxylic acids is 1. The van der Waals surface area contributed by atoms with E-state index in [4.69, 9.17) is 10.00 Å². The molecular formula is C13H10N4O2. The summed E-state index contributed by atoms with van der Waals surface area (Å²) in [5.41, 5.74) is 1.13. The number of hydrogen-bond donors (Lipinski definition) is 1. The Morgan fingerprint density at radius 1 is 1.42 bits per heavy atom. The van der Waals surface area contributed by atoms with Gasteiger partial charge in [-0.2, -0.15) is 5.26 Å². The van der Waals surface area contributed by atoms with Gasteiger partial charge in [-0.25, -0.2) is 4.98 Å². The van der Waals surface area contributed by atoms with Crippen LogP contribution in [-0.4, -0.2) is 23.0 Å². The van der Waals surface area contributed by atoms with Crippen LogP contribution in [0.2, 0.25) is 0 Å². The molecule has 0 atom stereocenters. The smallest absolute Gasteiger partial charge is 0.275 e. The average molecular weight is 254 g/mol. The van der Waals surface area contributed by atoms with Crippen LogP contribution < -0.4 is 10.1 Å². The molecule has 0 fully saturated rings. The Bertz CT molecular complexity index is 635. The molecule has 1 aromatic carbocycles. The average Bonchev–Trinajstić information content (AvgIpc) is 2.48. The predicted molar refractivity (Wildman–Crippen MR) is 67.7 cm³/mol. The maximum Gasteiger partial charge on any atom is 0.275 e. The van der Waals surface area contributed by atoms with E-state index >= 15 is 0 Å². The van der Waals surface area contributed by atoms with Crippen molar-refractivity contribution in [3.05, 3.63) is 48.0 Å². The van der Waals surface area contributed by atoms with Crippen molar-refractivity contribution in [3.63, 3.8) is 0 Å². The molecule has 1 aromatic heterocycles. The second-order valence-corrected chi connectivity index (χ2v) is 3.57. The Labute approximate surface area is 109 Å². The minimum absolute atomic E-state index is 0.203. The van der Waals surface area contributed by atoms with Gasteiger partial charge in [0.15, 0.2) is 0 Å². The molecule has 0 aliphatic carbocycles. The minimum Gasteiger partial charge on any atom is -0.495 e. The molecule has 0 aliphatic rings. The number of ether oxygens (including phenoxy) is 1. The molecular weight excluding hydrogens is 244 g/mol. The fourth-order valence-electron chi connectivity index (χ4n) is 1.47. The summed E-state index contributed by atoms with van der Waals surface area (Å²) < 4.78 is 5.12. The third-order valence-electron chi connectivity index (χ3n) is 2.37. The van der Waals surface area contributed by atoms with E-state index in [0.717, 1.165) is 0 Å². The molecule has 6 heteroatoms. The summed E-state index contributed by atoms with van der Waals surface area (Å²) in [5.74, 6) is 0.0207. The molecule has 0 spiro atoms. The van der Waals surface area contributed by atoms with Crippen LogP contribution in [0, 0.1) is 11.3 Å². The third kappa shape index (κ3) is 2.84. The Morgan fingerprint density at radius 2 is 2.26 bits per heavy atom. The number of hydrogen-bond acceptors (Lipinski definition) is 5. The van der Waals surface area contributed by atoms with Crippen LogP contribution in [-0.2, 0) is 0 Å². The molecule has 0 bridgehead atoms. The molecule has 6 nitrogen and oxygen atoms in total. The van der Waals surface area contributed by atoms with E-state index < -0.39 is 5.91 Å². The number of amides is 1. The fourth-order valence-corrected chi connectivity index (χ4v) is 1.47. The van der Waals surface area contributed by atoms with E-state index in [1.165, 1.54) is 25.7 Å². The van der Waals surface area contributed by atoms with Gasteiger partial charge in [-0.15, -0.1) is 0 Å². The van der Waals surface area contributed by atoms with Gasteiger partial charge in [0.25, 0.3) is 5.91 Å². The number of nitrogens with one attached hydrogen (secondary N) is 1. The van der Waals surface area contributed by atoms with Crippen molar-refractivity contribution in [2.75, 3.05) is 12.4 Å². The monoisotopic (exact) mass is 254 g/mol. The number of aromatic nitrogens is 2. The van der Waals surface area contributed by atoms with Crippen molar-refractivity contribution < 1.29 is 9.53 Å². The standard InChI is InChI=1S/C13H10N4O2/c1-19-12-6-9(7-14)2-3-10(12)17-13(18)11-8-15-4-5-16-11/h2-6,8H,1H3,(H,17,18). The first-order valence-electron chi connectivity index (χ1n) is 5.40. The van der Waals surface area contributed by atoms with Crippen LogP contribution in [0.25, 0.3) is 0 Å². The van der Waals surface area contributed by atoms with Crippen LogP contribution in [0.5, 0.6) is 5.75 Å². The van der Waals surface area contributed by atoms with Crippen molar-refractivity contribution in [2.45, 2.75) is 0 Å². The van der Waals surface area contributed by atoms with E-state index in [0.29, 0.717) is 17.0 Å². The molecule has 0 radical (unpaired) electrons. The van der Waals surface area contributed by atoms with Crippen LogP contribution in [0.1, 0.15) is 16.1 Å². The van der Waals surface area contributed by atoms with Crippen molar-refractivity contribution in [3.8, 4) is 11.8 Å². The lowest BCUT2D eigenvalue weighted by Gasteiger charge is -2.09. The first-order valence-corrected chi connectivity index (χ1v) is 5.40. The molecule has 0 saturated heterocycles. The van der Waals surface area contributed by atoms with Gasteiger partial charge >= 0.3 is 0 Å². The highest BCUT2D eigenvalue weighted by Gasteiger charge is 2.11. The molecule has 94 valence electrons. The van der Waals surface area contributed by atoms with Crippen molar-refractivity contribution in [2.24, 2.45) is 0 Å². The van der Waals surface area contributed by atoms with Crippen LogP contribution in [0.3, 0.4) is 0 Å². The topological polar surface area (TPSA) is 87.9 Å². The lowest BCUT2D eigenvalue weighted by Crippen LogP contribution is -2.14. The lowest BCUT2D eigenvalue weighted by molar-refractivity contribution is 0.102. The molecule has 1 heterocycles. The second kappa shape index (κ2) is 5.60. The Hall–Kier alpha value is -2.94. The summed E-state index contributed by atoms with van der Waals surface area (Å²) in [5, 5.41) is 11.5. The quantitative estimate of drug-likeness (QED) is 0.898. The first-order chi connectivity index (χ1) is 9.24. The van der Waals surface area contributed by atoms with Gasteiger partial charge in [0.2, 0.25) is 0 Å². The number of nitriles is 1. The fraction of sp³-hybridized carbons (Fsp3) is 0.0769. The maximum atomic E-state index is 11.9. The molecule has 2 aromatic rings. The lowest BCUT2D eigenvalue weighted by atomic mass is 10.2. The summed E-state index contributed by atoms with van der Waals surface area (Å²) in [4.78, 5) is 19.6. The molecule has 19 heavy (non-hydrogen) atoms. The number of anilines is 1. The molecule has 1 amide bonds. The summed E-state index contributed by atoms with van der Waals surface area (Å²) in [6.07, 6.45) is 4.29. The van der Waals surface area contributed by atoms with Crippen LogP contribution >= 0.6 is 0 Å². The van der Waals surface area contributed by atoms with Crippen LogP contribution in [0.15, 0.2) is 36.8 Å². The Balaban J connectivity index is 2.24. The van der Waals surface area contributed by atoms with Crippen molar-refractivity contribution >= 4 is 11.6 Å². The minimum atomic E-state index is -0.392. The second-order valence-electron chi connectivity index (χ2n) is 3.57. The number of nitrogens with zero attached hydrogens (tertiary/aromatic N) is 3. The Morgan fingerprint density at radius 3 is 2.89 bits per heavy atom. The summed E-state index contributed by atoms with van der Waals surface area (Å²) in [6, 6.07) is 6.74. The third-order valence-corrected chi connectivity index (χ3v) is 2.37. The zero-order valence-electron chi connectivity index (χ0n) is 10.1. The number of methoxy groups -OCH3 is 1. The van der Waals surface area contributed by atoms with E-state index in [1.807, 2.05) is 6.07 Å². The number of rotatable bonds is 3. The van der Waals surface area contributed by atoms with Crippen molar-refractivity contribution in [1.82, 2.24) is 9.97 Å². The van der Waals surface area contributed by atoms with Gasteiger partial charge < -0.3 is 10.1 Å². The zero-order valence-corrected chi connectivity index (χ0v) is 10.1. The highest BCUT2D eigenvalue weighted by atomic mass is 16.5. The summed E-state index contributed by atoms with van der Waals surface area (Å²) in [7, 11) is 1.47. The van der Waals surface area contributed by atoms with Gasteiger partial charge in [-0.05, 0) is 12.1 Å². The van der Waals surface area contributed by atoms with E-state index in [2.05, 4.69) is 15.3 Å². The van der Waals surface area contributed by atoms with Gasteiger partial charge in [0, 0.05) is 18.5 Å². The first kappa shape index (κ1) is 12.5. The largest absolute Gasteiger partial charge is 0.495 e. The molecule has 0 saturated carbocycles. The number of benzene rings is 1. The highest BCUT2D eigenvalue weighted by Crippen LogP contribution is 2.25. The molecule has 1 N–H and O–H groups in total. The van der Waals surface area contributed by atoms with Gasteiger partial charge in [-0.1, -0.05) is 0 Å². The SMILES string of the molecule is COc1cc(C#N)ccc1NC(=O)c1cnccn1. The molecule has 0 aliphatic heterocycles. The maximum absolute atomic E-state index is 11.9. The van der Waals surface area contributed by atoms with E-state index in [-0.39, 0.29) is 5.69 Å². The van der Waals surface area contributed by atoms with Crippen molar-refractivity contribution in [1.29, 1.82) is 5.26 Å². The predicted octanol–water partition coefficient (Wildman–Crippen LogP) is 1.61. The normalized spacial score (nSPS) is 9.47. The summed E-state index contributed by atoms with van der Waals surface area (Å²) in [6.45, 7) is 0. The number of carbonyl (C=O) groups is 1. The van der Waals surface area contributed by atoms with Gasteiger partial charge in [0.05, 0.1) is 30.6 Å². The molecule has 2 rings (SSSR count). The molecule has 0 unspecified atom stereocenters. The summed E-state index contributed by atoms with van der Waals surface area (Å²) >= 11 is 0. The van der Waals surface area contributed by atoms with Gasteiger partial charge in [-0.3, -0.25) is 9.78 Å². The Kier molecular flexibility index (Phi) is 3.69. The van der Waals surface area contributed by atoms with E-state index in [9.17, 15) is 4.79 Å². The highest BCUT2D eigenvalue weighted by molar-refractivity contribution is 6.03. The zero-order chi connectivity index (χ0) is 13.7. The van der Waals surface area contributed by atoms with Gasteiger partial charge in [0.1, 0.15) is 11.4 Å². The van der Waals surface area contributed by atoms with E-state index in [1.54, 1.807) is 18.2 Å².